The summed E-state index contributed by atoms with van der Waals surface area (Å²) in [7, 11) is 3.04. The molecule has 0 bridgehead atoms. The van der Waals surface area contributed by atoms with Gasteiger partial charge in [0.1, 0.15) is 5.75 Å². The summed E-state index contributed by atoms with van der Waals surface area (Å²) in [5, 5.41) is 14.7. The molecule has 0 spiro atoms. The Kier molecular flexibility index (Phi) is 4.79. The van der Waals surface area contributed by atoms with Crippen molar-refractivity contribution in [1.82, 2.24) is 4.57 Å². The van der Waals surface area contributed by atoms with E-state index < -0.39 is 16.0 Å². The minimum atomic E-state index is -0.534. The first-order valence-corrected chi connectivity index (χ1v) is 10.8. The second-order valence-corrected chi connectivity index (χ2v) is 8.54. The van der Waals surface area contributed by atoms with Crippen LogP contribution in [0.25, 0.3) is 41.7 Å². The van der Waals surface area contributed by atoms with Crippen molar-refractivity contribution in [3.05, 3.63) is 67.2 Å². The zero-order valence-electron chi connectivity index (χ0n) is 17.3. The number of non-ortho nitro benzene ring substituents is 1. The number of nitro groups is 1. The molecule has 0 atom stereocenters. The minimum absolute atomic E-state index is 0.156. The van der Waals surface area contributed by atoms with Crippen LogP contribution in [-0.2, 0) is 11.3 Å². The second-order valence-electron chi connectivity index (χ2n) is 7.49. The maximum Gasteiger partial charge on any atom is 0.278 e. The zero-order chi connectivity index (χ0) is 22.6. The molecule has 32 heavy (non-hydrogen) atoms. The Balaban J connectivity index is 2.08. The Morgan fingerprint density at radius 3 is 2.41 bits per heavy atom. The topological polar surface area (TPSA) is 101 Å². The lowest BCUT2D eigenvalue weighted by molar-refractivity contribution is -0.382. The number of rotatable bonds is 6. The van der Waals surface area contributed by atoms with Gasteiger partial charge in [0.05, 0.1) is 32.9 Å². The third kappa shape index (κ3) is 2.78. The van der Waals surface area contributed by atoms with Crippen molar-refractivity contribution in [3.8, 4) is 5.75 Å². The number of fused-ring (bicyclic) bond motifs is 2. The van der Waals surface area contributed by atoms with Gasteiger partial charge in [0.15, 0.2) is 0 Å². The number of benzene rings is 3. The highest BCUT2D eigenvalue weighted by Gasteiger charge is 2.26. The monoisotopic (exact) mass is 450 g/mol. The molecule has 0 fully saturated rings. The number of nitro benzene ring substituents is 1. The van der Waals surface area contributed by atoms with Gasteiger partial charge in [-0.25, -0.2) is 0 Å². The van der Waals surface area contributed by atoms with E-state index in [2.05, 4.69) is 0 Å². The second kappa shape index (κ2) is 7.54. The van der Waals surface area contributed by atoms with E-state index in [1.807, 2.05) is 24.3 Å². The van der Waals surface area contributed by atoms with Crippen LogP contribution >= 0.6 is 11.3 Å². The smallest absolute Gasteiger partial charge is 0.278 e. The highest BCUT2D eigenvalue weighted by atomic mass is 32.1. The van der Waals surface area contributed by atoms with Crippen LogP contribution in [0.1, 0.15) is 6.42 Å². The summed E-state index contributed by atoms with van der Waals surface area (Å²) in [6.45, 7) is 0.539. The summed E-state index contributed by atoms with van der Waals surface area (Å²) >= 11 is 1.42. The molecule has 0 aliphatic rings. The van der Waals surface area contributed by atoms with Crippen molar-refractivity contribution in [2.24, 2.45) is 0 Å². The Morgan fingerprint density at radius 1 is 1.00 bits per heavy atom. The van der Waals surface area contributed by atoms with Gasteiger partial charge in [-0.2, -0.15) is 0 Å². The van der Waals surface area contributed by atoms with E-state index >= 15 is 0 Å². The first-order chi connectivity index (χ1) is 15.5. The molecular formula is C23H18N2O6S. The molecule has 2 heterocycles. The van der Waals surface area contributed by atoms with Crippen LogP contribution in [0.5, 0.6) is 5.75 Å². The summed E-state index contributed by atoms with van der Waals surface area (Å²) in [4.78, 5) is 38.3. The van der Waals surface area contributed by atoms with E-state index in [0.29, 0.717) is 50.4 Å². The molecular weight excluding hydrogens is 432 g/mol. The van der Waals surface area contributed by atoms with Crippen molar-refractivity contribution < 1.29 is 14.4 Å². The van der Waals surface area contributed by atoms with Gasteiger partial charge in [0.25, 0.3) is 16.8 Å². The summed E-state index contributed by atoms with van der Waals surface area (Å²) in [6.07, 6.45) is 0.463. The SMILES string of the molecule is COCCCn1c(=O)c2cc(OC)c3sc4ccccc4c4c([N+](=O)[O-])cc(c1=O)c2c34. The van der Waals surface area contributed by atoms with Crippen LogP contribution in [0.15, 0.2) is 46.0 Å². The van der Waals surface area contributed by atoms with Gasteiger partial charge < -0.3 is 9.47 Å². The number of aromatic nitrogens is 1. The fraction of sp³-hybridized carbons (Fsp3) is 0.217. The first-order valence-electron chi connectivity index (χ1n) is 9.96. The number of nitrogens with zero attached hydrogens (tertiary/aromatic N) is 2. The summed E-state index contributed by atoms with van der Waals surface area (Å²) in [5.41, 5.74) is -1.14. The number of pyridine rings is 1. The number of methoxy groups -OCH3 is 2. The molecule has 3 aromatic carbocycles. The van der Waals surface area contributed by atoms with E-state index in [1.165, 1.54) is 24.5 Å². The summed E-state index contributed by atoms with van der Waals surface area (Å²) < 4.78 is 13.3. The molecule has 0 amide bonds. The molecule has 0 saturated heterocycles. The molecule has 5 aromatic rings. The molecule has 0 radical (unpaired) electrons. The zero-order valence-corrected chi connectivity index (χ0v) is 18.2. The van der Waals surface area contributed by atoms with Crippen molar-refractivity contribution in [2.45, 2.75) is 13.0 Å². The largest absolute Gasteiger partial charge is 0.495 e. The molecule has 0 aliphatic heterocycles. The van der Waals surface area contributed by atoms with Crippen LogP contribution in [0.3, 0.4) is 0 Å². The Labute approximate surface area is 184 Å². The third-order valence-corrected chi connectivity index (χ3v) is 6.95. The summed E-state index contributed by atoms with van der Waals surface area (Å²) in [5.74, 6) is 0.444. The predicted molar refractivity (Wildman–Crippen MR) is 126 cm³/mol. The van der Waals surface area contributed by atoms with E-state index in [1.54, 1.807) is 13.2 Å². The Hall–Kier alpha value is -3.56. The van der Waals surface area contributed by atoms with Crippen LogP contribution in [0, 0.1) is 10.1 Å². The molecule has 0 saturated carbocycles. The molecule has 2 aromatic heterocycles. The van der Waals surface area contributed by atoms with Gasteiger partial charge in [0, 0.05) is 47.2 Å². The number of ether oxygens (including phenoxy) is 2. The fourth-order valence-corrected chi connectivity index (χ4v) is 5.60. The fourth-order valence-electron chi connectivity index (χ4n) is 4.40. The molecule has 162 valence electrons. The van der Waals surface area contributed by atoms with Crippen molar-refractivity contribution in [2.75, 3.05) is 20.8 Å². The molecule has 8 nitrogen and oxygen atoms in total. The lowest BCUT2D eigenvalue weighted by atomic mass is 9.95. The molecule has 0 unspecified atom stereocenters. The highest BCUT2D eigenvalue weighted by molar-refractivity contribution is 7.25. The maximum atomic E-state index is 13.3. The Morgan fingerprint density at radius 2 is 1.72 bits per heavy atom. The van der Waals surface area contributed by atoms with Crippen LogP contribution in [0.4, 0.5) is 5.69 Å². The van der Waals surface area contributed by atoms with Crippen LogP contribution in [-0.4, -0.2) is 30.3 Å². The quantitative estimate of drug-likeness (QED) is 0.126. The average Bonchev–Trinajstić information content (AvgIpc) is 2.80. The molecule has 9 heteroatoms. The van der Waals surface area contributed by atoms with Crippen molar-refractivity contribution in [3.63, 3.8) is 0 Å². The van der Waals surface area contributed by atoms with E-state index in [4.69, 9.17) is 9.47 Å². The van der Waals surface area contributed by atoms with Gasteiger partial charge >= 0.3 is 0 Å². The number of hydrogen-bond acceptors (Lipinski definition) is 7. The molecule has 0 aliphatic carbocycles. The third-order valence-electron chi connectivity index (χ3n) is 5.77. The highest BCUT2D eigenvalue weighted by Crippen LogP contribution is 2.47. The van der Waals surface area contributed by atoms with Crippen molar-refractivity contribution >= 4 is 58.7 Å². The van der Waals surface area contributed by atoms with E-state index in [-0.39, 0.29) is 17.6 Å². The molecule has 5 rings (SSSR count). The lowest BCUT2D eigenvalue weighted by Crippen LogP contribution is -2.33. The van der Waals surface area contributed by atoms with Gasteiger partial charge in [-0.05, 0) is 18.6 Å². The normalized spacial score (nSPS) is 11.8. The van der Waals surface area contributed by atoms with Gasteiger partial charge in [-0.3, -0.25) is 24.3 Å². The van der Waals surface area contributed by atoms with E-state index in [9.17, 15) is 19.7 Å². The van der Waals surface area contributed by atoms with Gasteiger partial charge in [-0.15, -0.1) is 11.3 Å². The molecule has 0 N–H and O–H groups in total. The van der Waals surface area contributed by atoms with E-state index in [0.717, 1.165) is 9.27 Å². The summed E-state index contributed by atoms with van der Waals surface area (Å²) in [6, 6.07) is 10.3. The van der Waals surface area contributed by atoms with Gasteiger partial charge in [0.2, 0.25) is 0 Å². The standard InChI is InChI=1S/C23H18N2O6S/c1-30-9-5-8-24-22(26)13-10-15(25(28)29)19-12-6-3-4-7-17(12)32-21-16(31-2)11-14(23(24)27)18(13)20(19)21/h3-4,6-7,10-11H,5,8-9H2,1-2H3. The van der Waals surface area contributed by atoms with Crippen LogP contribution < -0.4 is 15.9 Å². The lowest BCUT2D eigenvalue weighted by Gasteiger charge is -2.16. The van der Waals surface area contributed by atoms with Gasteiger partial charge in [-0.1, -0.05) is 18.2 Å². The predicted octanol–water partition coefficient (Wildman–Crippen LogP) is 4.27. The Bertz CT molecular complexity index is 1650. The first kappa shape index (κ1) is 20.3. The minimum Gasteiger partial charge on any atom is -0.495 e. The van der Waals surface area contributed by atoms with Crippen LogP contribution in [0.2, 0.25) is 0 Å². The maximum absolute atomic E-state index is 13.3. The van der Waals surface area contributed by atoms with Crippen molar-refractivity contribution in [1.29, 1.82) is 0 Å². The average molecular weight is 450 g/mol. The number of hydrogen-bond donors (Lipinski definition) is 0.